The zero-order valence-electron chi connectivity index (χ0n) is 7.89. The second-order valence-corrected chi connectivity index (χ2v) is 3.91. The highest BCUT2D eigenvalue weighted by Crippen LogP contribution is 2.33. The van der Waals surface area contributed by atoms with Crippen molar-refractivity contribution < 1.29 is 4.74 Å². The van der Waals surface area contributed by atoms with E-state index in [-0.39, 0.29) is 0 Å². The Labute approximate surface area is 82.7 Å². The largest absolute Gasteiger partial charge is 0.396 e. The summed E-state index contributed by atoms with van der Waals surface area (Å²) >= 11 is 0. The van der Waals surface area contributed by atoms with Crippen molar-refractivity contribution in [2.45, 2.75) is 18.6 Å². The SMILES string of the molecule is Nc1cccnc1N1CC2CC1CO2. The number of hydrogen-bond acceptors (Lipinski definition) is 4. The van der Waals surface area contributed by atoms with Crippen molar-refractivity contribution in [3.63, 3.8) is 0 Å². The average Bonchev–Trinajstić information content (AvgIpc) is 2.79. The van der Waals surface area contributed by atoms with E-state index in [1.165, 1.54) is 0 Å². The van der Waals surface area contributed by atoms with Crippen molar-refractivity contribution in [2.24, 2.45) is 0 Å². The summed E-state index contributed by atoms with van der Waals surface area (Å²) in [5, 5.41) is 0. The monoisotopic (exact) mass is 191 g/mol. The Kier molecular flexibility index (Phi) is 1.64. The van der Waals surface area contributed by atoms with Gasteiger partial charge in [0.1, 0.15) is 0 Å². The fourth-order valence-corrected chi connectivity index (χ4v) is 2.31. The Balaban J connectivity index is 1.93. The quantitative estimate of drug-likeness (QED) is 0.707. The molecule has 0 spiro atoms. The fraction of sp³-hybridized carbons (Fsp3) is 0.500. The molecule has 2 aliphatic rings. The van der Waals surface area contributed by atoms with Gasteiger partial charge < -0.3 is 15.4 Å². The predicted molar refractivity (Wildman–Crippen MR) is 54.1 cm³/mol. The van der Waals surface area contributed by atoms with E-state index in [0.29, 0.717) is 12.1 Å². The highest BCUT2D eigenvalue weighted by atomic mass is 16.5. The first-order chi connectivity index (χ1) is 6.84. The van der Waals surface area contributed by atoms with E-state index in [9.17, 15) is 0 Å². The smallest absolute Gasteiger partial charge is 0.152 e. The molecule has 0 aromatic carbocycles. The van der Waals surface area contributed by atoms with Crippen LogP contribution < -0.4 is 10.6 Å². The minimum atomic E-state index is 0.390. The summed E-state index contributed by atoms with van der Waals surface area (Å²) in [4.78, 5) is 6.59. The van der Waals surface area contributed by atoms with Crippen LogP contribution in [-0.2, 0) is 4.74 Å². The molecule has 2 atom stereocenters. The average molecular weight is 191 g/mol. The van der Waals surface area contributed by atoms with Gasteiger partial charge in [-0.3, -0.25) is 0 Å². The first kappa shape index (κ1) is 8.05. The fourth-order valence-electron chi connectivity index (χ4n) is 2.31. The molecule has 3 heterocycles. The van der Waals surface area contributed by atoms with Crippen LogP contribution in [0.1, 0.15) is 6.42 Å². The van der Waals surface area contributed by atoms with Gasteiger partial charge in [0.15, 0.2) is 5.82 Å². The molecule has 0 aliphatic carbocycles. The molecule has 1 aromatic rings. The molecule has 2 fully saturated rings. The molecular weight excluding hydrogens is 178 g/mol. The number of hydrogen-bond donors (Lipinski definition) is 1. The lowest BCUT2D eigenvalue weighted by Gasteiger charge is -2.28. The van der Waals surface area contributed by atoms with E-state index < -0.39 is 0 Å². The number of aromatic nitrogens is 1. The van der Waals surface area contributed by atoms with Crippen LogP contribution in [0.4, 0.5) is 11.5 Å². The second kappa shape index (κ2) is 2.85. The number of rotatable bonds is 1. The third-order valence-corrected chi connectivity index (χ3v) is 2.99. The third-order valence-electron chi connectivity index (χ3n) is 2.99. The Hall–Kier alpha value is -1.29. The van der Waals surface area contributed by atoms with Crippen molar-refractivity contribution in [3.05, 3.63) is 18.3 Å². The first-order valence-corrected chi connectivity index (χ1v) is 4.93. The van der Waals surface area contributed by atoms with Crippen molar-refractivity contribution in [2.75, 3.05) is 23.8 Å². The molecule has 2 bridgehead atoms. The highest BCUT2D eigenvalue weighted by molar-refractivity contribution is 5.63. The van der Waals surface area contributed by atoms with Gasteiger partial charge in [0.25, 0.3) is 0 Å². The Morgan fingerprint density at radius 3 is 3.14 bits per heavy atom. The molecule has 3 rings (SSSR count). The molecular formula is C10H13N3O. The summed E-state index contributed by atoms with van der Waals surface area (Å²) in [6.07, 6.45) is 3.30. The van der Waals surface area contributed by atoms with Crippen LogP contribution >= 0.6 is 0 Å². The van der Waals surface area contributed by atoms with E-state index in [4.69, 9.17) is 10.5 Å². The summed E-state index contributed by atoms with van der Waals surface area (Å²) in [7, 11) is 0. The van der Waals surface area contributed by atoms with Gasteiger partial charge in [-0.25, -0.2) is 4.98 Å². The number of nitrogens with zero attached hydrogens (tertiary/aromatic N) is 2. The zero-order chi connectivity index (χ0) is 9.54. The lowest BCUT2D eigenvalue weighted by molar-refractivity contribution is 0.0989. The van der Waals surface area contributed by atoms with Gasteiger partial charge in [0.2, 0.25) is 0 Å². The van der Waals surface area contributed by atoms with Gasteiger partial charge in [-0.05, 0) is 18.6 Å². The number of ether oxygens (including phenoxy) is 1. The number of anilines is 2. The van der Waals surface area contributed by atoms with Gasteiger partial charge in [0, 0.05) is 12.7 Å². The molecule has 2 saturated heterocycles. The maximum atomic E-state index is 5.89. The maximum Gasteiger partial charge on any atom is 0.152 e. The predicted octanol–water partition coefficient (Wildman–Crippen LogP) is 0.641. The summed E-state index contributed by atoms with van der Waals surface area (Å²) in [5.41, 5.74) is 6.65. The molecule has 2 unspecified atom stereocenters. The minimum absolute atomic E-state index is 0.390. The lowest BCUT2D eigenvalue weighted by Crippen LogP contribution is -2.37. The maximum absolute atomic E-state index is 5.89. The third kappa shape index (κ3) is 1.07. The summed E-state index contributed by atoms with van der Waals surface area (Å²) in [6, 6.07) is 4.25. The summed E-state index contributed by atoms with van der Waals surface area (Å²) in [5.74, 6) is 0.920. The number of nitrogen functional groups attached to an aromatic ring is 1. The second-order valence-electron chi connectivity index (χ2n) is 3.91. The molecule has 0 radical (unpaired) electrons. The summed E-state index contributed by atoms with van der Waals surface area (Å²) < 4.78 is 5.53. The molecule has 4 nitrogen and oxygen atoms in total. The minimum Gasteiger partial charge on any atom is -0.396 e. The Morgan fingerprint density at radius 1 is 1.57 bits per heavy atom. The van der Waals surface area contributed by atoms with Crippen molar-refractivity contribution >= 4 is 11.5 Å². The molecule has 0 amide bonds. The molecule has 4 heteroatoms. The standard InChI is InChI=1S/C10H13N3O/c11-9-2-1-3-12-10(9)13-5-8-4-7(13)6-14-8/h1-3,7-8H,4-6,11H2. The van der Waals surface area contributed by atoms with Crippen LogP contribution in [-0.4, -0.2) is 30.3 Å². The van der Waals surface area contributed by atoms with Crippen LogP contribution in [0.3, 0.4) is 0 Å². The van der Waals surface area contributed by atoms with Crippen LogP contribution in [0.5, 0.6) is 0 Å². The van der Waals surface area contributed by atoms with Crippen LogP contribution in [0.2, 0.25) is 0 Å². The van der Waals surface area contributed by atoms with E-state index in [1.807, 2.05) is 12.1 Å². The molecule has 74 valence electrons. The lowest BCUT2D eigenvalue weighted by atomic mass is 10.2. The van der Waals surface area contributed by atoms with E-state index in [1.54, 1.807) is 6.20 Å². The van der Waals surface area contributed by atoms with Crippen LogP contribution in [0.15, 0.2) is 18.3 Å². The van der Waals surface area contributed by atoms with Gasteiger partial charge in [-0.1, -0.05) is 0 Å². The normalized spacial score (nSPS) is 29.9. The van der Waals surface area contributed by atoms with Crippen molar-refractivity contribution in [1.82, 2.24) is 4.98 Å². The number of fused-ring (bicyclic) bond motifs is 2. The van der Waals surface area contributed by atoms with Gasteiger partial charge >= 0.3 is 0 Å². The Morgan fingerprint density at radius 2 is 2.50 bits per heavy atom. The number of pyridine rings is 1. The van der Waals surface area contributed by atoms with Crippen molar-refractivity contribution in [1.29, 1.82) is 0 Å². The first-order valence-electron chi connectivity index (χ1n) is 4.93. The molecule has 1 aromatic heterocycles. The van der Waals surface area contributed by atoms with Crippen molar-refractivity contribution in [3.8, 4) is 0 Å². The topological polar surface area (TPSA) is 51.4 Å². The van der Waals surface area contributed by atoms with E-state index in [0.717, 1.165) is 31.1 Å². The van der Waals surface area contributed by atoms with Crippen LogP contribution in [0.25, 0.3) is 0 Å². The van der Waals surface area contributed by atoms with Gasteiger partial charge in [-0.15, -0.1) is 0 Å². The Bertz CT molecular complexity index is 355. The number of morpholine rings is 1. The van der Waals surface area contributed by atoms with E-state index in [2.05, 4.69) is 9.88 Å². The summed E-state index contributed by atoms with van der Waals surface area (Å²) in [6.45, 7) is 1.76. The molecule has 2 aliphatic heterocycles. The number of nitrogens with two attached hydrogens (primary N) is 1. The van der Waals surface area contributed by atoms with Gasteiger partial charge in [-0.2, -0.15) is 0 Å². The van der Waals surface area contributed by atoms with E-state index >= 15 is 0 Å². The molecule has 14 heavy (non-hydrogen) atoms. The molecule has 0 saturated carbocycles. The van der Waals surface area contributed by atoms with Crippen LogP contribution in [0, 0.1) is 0 Å². The van der Waals surface area contributed by atoms with Gasteiger partial charge in [0.05, 0.1) is 24.4 Å². The zero-order valence-corrected chi connectivity index (χ0v) is 7.89. The molecule has 2 N–H and O–H groups in total. The highest BCUT2D eigenvalue weighted by Gasteiger charge is 2.40.